The lowest BCUT2D eigenvalue weighted by atomic mass is 10.2. The van der Waals surface area contributed by atoms with Crippen molar-refractivity contribution < 1.29 is 22.8 Å². The Morgan fingerprint density at radius 3 is 2.47 bits per heavy atom. The fourth-order valence-corrected chi connectivity index (χ4v) is 1.69. The molecule has 1 N–H and O–H groups in total. The number of likely N-dealkylation sites (N-methyl/N-ethyl adjacent to an activating group) is 1. The average Bonchev–Trinajstić information content (AvgIpc) is 2.57. The molecule has 1 aromatic heterocycles. The second kappa shape index (κ2) is 4.52. The topological polar surface area (TPSA) is 62.3 Å². The SMILES string of the molecule is CN1C(=O)CC(Nc2ccc(C(F)(F)F)cn2)C1=O. The summed E-state index contributed by atoms with van der Waals surface area (Å²) in [6.07, 6.45) is -3.81. The zero-order chi connectivity index (χ0) is 14.2. The molecule has 19 heavy (non-hydrogen) atoms. The molecular formula is C11H10F3N3O2. The average molecular weight is 273 g/mol. The van der Waals surface area contributed by atoms with Crippen LogP contribution in [0.2, 0.25) is 0 Å². The monoisotopic (exact) mass is 273 g/mol. The first-order chi connectivity index (χ1) is 8.79. The van der Waals surface area contributed by atoms with Crippen molar-refractivity contribution in [2.24, 2.45) is 0 Å². The number of likely N-dealkylation sites (tertiary alicyclic amines) is 1. The Morgan fingerprint density at radius 2 is 2.05 bits per heavy atom. The summed E-state index contributed by atoms with van der Waals surface area (Å²) in [6, 6.07) is 1.21. The summed E-state index contributed by atoms with van der Waals surface area (Å²) in [7, 11) is 1.35. The fraction of sp³-hybridized carbons (Fsp3) is 0.364. The number of nitrogens with zero attached hydrogens (tertiary/aromatic N) is 2. The van der Waals surface area contributed by atoms with Crippen molar-refractivity contribution >= 4 is 17.6 Å². The third-order valence-electron chi connectivity index (χ3n) is 2.79. The van der Waals surface area contributed by atoms with E-state index in [2.05, 4.69) is 10.3 Å². The summed E-state index contributed by atoms with van der Waals surface area (Å²) in [5, 5.41) is 2.64. The summed E-state index contributed by atoms with van der Waals surface area (Å²) in [5.74, 6) is -0.643. The van der Waals surface area contributed by atoms with Crippen molar-refractivity contribution in [3.05, 3.63) is 23.9 Å². The Bertz CT molecular complexity index is 513. The van der Waals surface area contributed by atoms with Crippen LogP contribution in [0.15, 0.2) is 18.3 Å². The fourth-order valence-electron chi connectivity index (χ4n) is 1.69. The maximum atomic E-state index is 12.3. The van der Waals surface area contributed by atoms with Crippen LogP contribution >= 0.6 is 0 Å². The molecule has 1 fully saturated rings. The molecule has 5 nitrogen and oxygen atoms in total. The molecule has 2 heterocycles. The van der Waals surface area contributed by atoms with Crippen LogP contribution in [0.4, 0.5) is 19.0 Å². The highest BCUT2D eigenvalue weighted by atomic mass is 19.4. The zero-order valence-electron chi connectivity index (χ0n) is 9.86. The van der Waals surface area contributed by atoms with Gasteiger partial charge in [-0.2, -0.15) is 13.2 Å². The number of hydrogen-bond acceptors (Lipinski definition) is 4. The number of alkyl halides is 3. The highest BCUT2D eigenvalue weighted by Gasteiger charge is 2.36. The van der Waals surface area contributed by atoms with E-state index in [-0.39, 0.29) is 18.1 Å². The molecule has 0 aromatic carbocycles. The number of pyridine rings is 1. The van der Waals surface area contributed by atoms with Gasteiger partial charge in [-0.3, -0.25) is 14.5 Å². The van der Waals surface area contributed by atoms with Crippen LogP contribution < -0.4 is 5.32 Å². The van der Waals surface area contributed by atoms with Gasteiger partial charge in [0.25, 0.3) is 5.91 Å². The van der Waals surface area contributed by atoms with Gasteiger partial charge >= 0.3 is 6.18 Å². The highest BCUT2D eigenvalue weighted by Crippen LogP contribution is 2.29. The molecule has 8 heteroatoms. The molecular weight excluding hydrogens is 263 g/mol. The van der Waals surface area contributed by atoms with Gasteiger partial charge in [0, 0.05) is 13.2 Å². The lowest BCUT2D eigenvalue weighted by molar-refractivity contribution is -0.138. The molecule has 0 radical (unpaired) electrons. The number of halogens is 3. The van der Waals surface area contributed by atoms with E-state index in [1.165, 1.54) is 7.05 Å². The molecule has 0 spiro atoms. The van der Waals surface area contributed by atoms with E-state index < -0.39 is 23.7 Å². The van der Waals surface area contributed by atoms with Crippen molar-refractivity contribution in [1.82, 2.24) is 9.88 Å². The van der Waals surface area contributed by atoms with E-state index in [1.807, 2.05) is 0 Å². The van der Waals surface area contributed by atoms with Crippen molar-refractivity contribution in [3.63, 3.8) is 0 Å². The van der Waals surface area contributed by atoms with E-state index in [0.717, 1.165) is 17.0 Å². The van der Waals surface area contributed by atoms with Crippen molar-refractivity contribution in [1.29, 1.82) is 0 Å². The number of imide groups is 1. The van der Waals surface area contributed by atoms with Crippen LogP contribution in [-0.2, 0) is 15.8 Å². The molecule has 102 valence electrons. The van der Waals surface area contributed by atoms with Crippen molar-refractivity contribution in [2.45, 2.75) is 18.6 Å². The summed E-state index contributed by atoms with van der Waals surface area (Å²) in [4.78, 5) is 27.4. The number of aromatic nitrogens is 1. The summed E-state index contributed by atoms with van der Waals surface area (Å²) in [6.45, 7) is 0. The minimum absolute atomic E-state index is 0.0297. The van der Waals surface area contributed by atoms with Crippen molar-refractivity contribution in [2.75, 3.05) is 12.4 Å². The van der Waals surface area contributed by atoms with Gasteiger partial charge in [0.15, 0.2) is 0 Å². The van der Waals surface area contributed by atoms with Gasteiger partial charge in [-0.1, -0.05) is 0 Å². The second-order valence-electron chi connectivity index (χ2n) is 4.12. The summed E-state index contributed by atoms with van der Waals surface area (Å²) < 4.78 is 37.0. The Kier molecular flexibility index (Phi) is 3.17. The quantitative estimate of drug-likeness (QED) is 0.824. The molecule has 0 aliphatic carbocycles. The van der Waals surface area contributed by atoms with Crippen LogP contribution in [0.25, 0.3) is 0 Å². The third kappa shape index (κ3) is 2.67. The molecule has 1 aromatic rings. The maximum Gasteiger partial charge on any atom is 0.417 e. The smallest absolute Gasteiger partial charge is 0.358 e. The zero-order valence-corrected chi connectivity index (χ0v) is 9.86. The molecule has 1 aliphatic rings. The number of carbonyl (C=O) groups is 2. The number of hydrogen-bond donors (Lipinski definition) is 1. The molecule has 1 saturated heterocycles. The van der Waals surface area contributed by atoms with E-state index in [9.17, 15) is 22.8 Å². The van der Waals surface area contributed by atoms with Gasteiger partial charge < -0.3 is 5.32 Å². The Morgan fingerprint density at radius 1 is 1.37 bits per heavy atom. The van der Waals surface area contributed by atoms with Gasteiger partial charge in [-0.25, -0.2) is 4.98 Å². The van der Waals surface area contributed by atoms with Crippen LogP contribution in [0.3, 0.4) is 0 Å². The molecule has 1 atom stereocenters. The number of anilines is 1. The number of amides is 2. The van der Waals surface area contributed by atoms with Crippen molar-refractivity contribution in [3.8, 4) is 0 Å². The van der Waals surface area contributed by atoms with E-state index in [0.29, 0.717) is 6.20 Å². The van der Waals surface area contributed by atoms with Crippen LogP contribution in [0, 0.1) is 0 Å². The van der Waals surface area contributed by atoms with Gasteiger partial charge in [-0.05, 0) is 12.1 Å². The largest absolute Gasteiger partial charge is 0.417 e. The van der Waals surface area contributed by atoms with Crippen LogP contribution in [-0.4, -0.2) is 34.8 Å². The maximum absolute atomic E-state index is 12.3. The highest BCUT2D eigenvalue weighted by molar-refractivity contribution is 6.06. The molecule has 2 rings (SSSR count). The first-order valence-corrected chi connectivity index (χ1v) is 5.39. The van der Waals surface area contributed by atoms with Gasteiger partial charge in [-0.15, -0.1) is 0 Å². The van der Waals surface area contributed by atoms with E-state index >= 15 is 0 Å². The lowest BCUT2D eigenvalue weighted by Crippen LogP contribution is -2.32. The van der Waals surface area contributed by atoms with Crippen LogP contribution in [0.5, 0.6) is 0 Å². The predicted molar refractivity (Wildman–Crippen MR) is 59.0 cm³/mol. The van der Waals surface area contributed by atoms with Gasteiger partial charge in [0.05, 0.1) is 12.0 Å². The molecule has 2 amide bonds. The number of carbonyl (C=O) groups excluding carboxylic acids is 2. The lowest BCUT2D eigenvalue weighted by Gasteiger charge is -2.12. The predicted octanol–water partition coefficient (Wildman–Crippen LogP) is 1.27. The molecule has 1 unspecified atom stereocenters. The van der Waals surface area contributed by atoms with Crippen LogP contribution in [0.1, 0.15) is 12.0 Å². The molecule has 0 bridgehead atoms. The Balaban J connectivity index is 2.09. The number of rotatable bonds is 2. The second-order valence-corrected chi connectivity index (χ2v) is 4.12. The summed E-state index contributed by atoms with van der Waals surface area (Å²) in [5.41, 5.74) is -0.871. The molecule has 1 aliphatic heterocycles. The first kappa shape index (κ1) is 13.3. The minimum Gasteiger partial charge on any atom is -0.358 e. The standard InChI is InChI=1S/C11H10F3N3O2/c1-17-9(18)4-7(10(17)19)16-8-3-2-6(5-15-8)11(12,13)14/h2-3,5,7H,4H2,1H3,(H,15,16). The third-order valence-corrected chi connectivity index (χ3v) is 2.79. The van der Waals surface area contributed by atoms with E-state index in [1.54, 1.807) is 0 Å². The normalized spacial score (nSPS) is 20.0. The minimum atomic E-state index is -4.45. The van der Waals surface area contributed by atoms with E-state index in [4.69, 9.17) is 0 Å². The Labute approximate surface area is 106 Å². The Hall–Kier alpha value is -2.12. The first-order valence-electron chi connectivity index (χ1n) is 5.39. The molecule has 0 saturated carbocycles. The summed E-state index contributed by atoms with van der Waals surface area (Å²) >= 11 is 0. The number of nitrogens with one attached hydrogen (secondary N) is 1. The van der Waals surface area contributed by atoms with Gasteiger partial charge in [0.2, 0.25) is 5.91 Å². The van der Waals surface area contributed by atoms with Gasteiger partial charge in [0.1, 0.15) is 11.9 Å².